The molecule has 0 bridgehead atoms. The molecule has 1 aliphatic heterocycles. The van der Waals surface area contributed by atoms with Crippen molar-refractivity contribution in [3.8, 4) is 11.4 Å². The molecule has 1 aliphatic rings. The Hall–Kier alpha value is -2.01. The molecule has 5 nitrogen and oxygen atoms in total. The molecule has 3 rings (SSSR count). The summed E-state index contributed by atoms with van der Waals surface area (Å²) in [5, 5.41) is 0. The third-order valence-corrected chi connectivity index (χ3v) is 3.99. The van der Waals surface area contributed by atoms with Gasteiger partial charge in [0.05, 0.1) is 0 Å². The standard InChI is InChI=1S/C16H21N5/c1-3-14-11(2)19-15(12-5-4-7-18-9-12)20-16(14)21-8-6-13(17)10-21/h4-5,7,9,13H,3,6,8,10,17H2,1-2H3. The quantitative estimate of drug-likeness (QED) is 0.932. The van der Waals surface area contributed by atoms with Crippen LogP contribution in [0.3, 0.4) is 0 Å². The molecular formula is C16H21N5. The van der Waals surface area contributed by atoms with Crippen LogP contribution < -0.4 is 10.6 Å². The fraction of sp³-hybridized carbons (Fsp3) is 0.438. The molecule has 1 unspecified atom stereocenters. The summed E-state index contributed by atoms with van der Waals surface area (Å²) in [4.78, 5) is 15.9. The highest BCUT2D eigenvalue weighted by Crippen LogP contribution is 2.27. The van der Waals surface area contributed by atoms with Gasteiger partial charge in [0.25, 0.3) is 0 Å². The van der Waals surface area contributed by atoms with Gasteiger partial charge in [-0.2, -0.15) is 0 Å². The molecule has 0 radical (unpaired) electrons. The largest absolute Gasteiger partial charge is 0.355 e. The molecule has 1 fully saturated rings. The lowest BCUT2D eigenvalue weighted by Crippen LogP contribution is -2.28. The van der Waals surface area contributed by atoms with E-state index in [1.54, 1.807) is 12.4 Å². The summed E-state index contributed by atoms with van der Waals surface area (Å²) in [5.41, 5.74) is 9.26. The van der Waals surface area contributed by atoms with Crippen LogP contribution in [0.15, 0.2) is 24.5 Å². The SMILES string of the molecule is CCc1c(C)nc(-c2cccnc2)nc1N1CCC(N)C1. The molecule has 21 heavy (non-hydrogen) atoms. The van der Waals surface area contributed by atoms with E-state index in [0.29, 0.717) is 0 Å². The second-order valence-electron chi connectivity index (χ2n) is 5.52. The fourth-order valence-corrected chi connectivity index (χ4v) is 2.86. The summed E-state index contributed by atoms with van der Waals surface area (Å²) in [6.45, 7) is 6.04. The van der Waals surface area contributed by atoms with Gasteiger partial charge in [0.15, 0.2) is 5.82 Å². The number of nitrogens with zero attached hydrogens (tertiary/aromatic N) is 4. The maximum absolute atomic E-state index is 6.05. The van der Waals surface area contributed by atoms with Crippen LogP contribution in [0.1, 0.15) is 24.6 Å². The van der Waals surface area contributed by atoms with Gasteiger partial charge in [0.2, 0.25) is 0 Å². The van der Waals surface area contributed by atoms with Crippen molar-refractivity contribution in [3.05, 3.63) is 35.8 Å². The number of hydrogen-bond acceptors (Lipinski definition) is 5. The van der Waals surface area contributed by atoms with E-state index in [4.69, 9.17) is 10.7 Å². The van der Waals surface area contributed by atoms with Gasteiger partial charge >= 0.3 is 0 Å². The smallest absolute Gasteiger partial charge is 0.163 e. The average Bonchev–Trinajstić information content (AvgIpc) is 2.94. The van der Waals surface area contributed by atoms with Crippen molar-refractivity contribution < 1.29 is 0 Å². The van der Waals surface area contributed by atoms with Crippen LogP contribution in [0.5, 0.6) is 0 Å². The van der Waals surface area contributed by atoms with Crippen LogP contribution in [0.25, 0.3) is 11.4 Å². The molecule has 3 heterocycles. The van der Waals surface area contributed by atoms with Gasteiger partial charge in [-0.3, -0.25) is 4.98 Å². The van der Waals surface area contributed by atoms with E-state index in [1.165, 1.54) is 5.56 Å². The van der Waals surface area contributed by atoms with E-state index in [1.807, 2.05) is 12.1 Å². The van der Waals surface area contributed by atoms with E-state index in [9.17, 15) is 0 Å². The van der Waals surface area contributed by atoms with Gasteiger partial charge in [0.1, 0.15) is 5.82 Å². The molecule has 2 aromatic rings. The van der Waals surface area contributed by atoms with Gasteiger partial charge in [0, 0.05) is 48.3 Å². The zero-order valence-corrected chi connectivity index (χ0v) is 12.6. The summed E-state index contributed by atoms with van der Waals surface area (Å²) < 4.78 is 0. The van der Waals surface area contributed by atoms with Crippen LogP contribution in [0.2, 0.25) is 0 Å². The number of hydrogen-bond donors (Lipinski definition) is 1. The number of pyridine rings is 1. The van der Waals surface area contributed by atoms with Gasteiger partial charge in [-0.25, -0.2) is 9.97 Å². The summed E-state index contributed by atoms with van der Waals surface area (Å²) in [6, 6.07) is 4.15. The van der Waals surface area contributed by atoms with Gasteiger partial charge < -0.3 is 10.6 Å². The predicted octanol–water partition coefficient (Wildman–Crippen LogP) is 1.95. The molecule has 110 valence electrons. The van der Waals surface area contributed by atoms with Crippen LogP contribution in [0.4, 0.5) is 5.82 Å². The second kappa shape index (κ2) is 5.77. The summed E-state index contributed by atoms with van der Waals surface area (Å²) in [5.74, 6) is 1.78. The van der Waals surface area contributed by atoms with Crippen molar-refractivity contribution in [2.45, 2.75) is 32.7 Å². The van der Waals surface area contributed by atoms with Gasteiger partial charge in [-0.05, 0) is 31.9 Å². The topological polar surface area (TPSA) is 67.9 Å². The molecule has 0 spiro atoms. The highest BCUT2D eigenvalue weighted by molar-refractivity contribution is 5.60. The maximum Gasteiger partial charge on any atom is 0.163 e. The zero-order chi connectivity index (χ0) is 14.8. The van der Waals surface area contributed by atoms with E-state index in [-0.39, 0.29) is 6.04 Å². The number of anilines is 1. The Morgan fingerprint density at radius 2 is 2.24 bits per heavy atom. The van der Waals surface area contributed by atoms with Crippen molar-refractivity contribution in [3.63, 3.8) is 0 Å². The molecule has 5 heteroatoms. The van der Waals surface area contributed by atoms with Crippen molar-refractivity contribution >= 4 is 5.82 Å². The second-order valence-corrected chi connectivity index (χ2v) is 5.52. The number of aromatic nitrogens is 3. The van der Waals surface area contributed by atoms with Gasteiger partial charge in [-0.15, -0.1) is 0 Å². The minimum Gasteiger partial charge on any atom is -0.355 e. The molecule has 0 amide bonds. The molecule has 1 atom stereocenters. The average molecular weight is 283 g/mol. The summed E-state index contributed by atoms with van der Waals surface area (Å²) in [7, 11) is 0. The molecule has 2 N–H and O–H groups in total. The van der Waals surface area contributed by atoms with Gasteiger partial charge in [-0.1, -0.05) is 6.92 Å². The third kappa shape index (κ3) is 2.74. The maximum atomic E-state index is 6.05. The predicted molar refractivity (Wildman–Crippen MR) is 84.2 cm³/mol. The van der Waals surface area contributed by atoms with Crippen molar-refractivity contribution in [2.75, 3.05) is 18.0 Å². The lowest BCUT2D eigenvalue weighted by atomic mass is 10.1. The normalized spacial score (nSPS) is 18.2. The molecule has 1 saturated heterocycles. The monoisotopic (exact) mass is 283 g/mol. The fourth-order valence-electron chi connectivity index (χ4n) is 2.86. The number of aryl methyl sites for hydroxylation is 1. The molecular weight excluding hydrogens is 262 g/mol. The number of rotatable bonds is 3. The summed E-state index contributed by atoms with van der Waals surface area (Å²) >= 11 is 0. The highest BCUT2D eigenvalue weighted by atomic mass is 15.2. The molecule has 0 saturated carbocycles. The Morgan fingerprint density at radius 1 is 1.38 bits per heavy atom. The van der Waals surface area contributed by atoms with Crippen LogP contribution in [-0.2, 0) is 6.42 Å². The van der Waals surface area contributed by atoms with Crippen LogP contribution >= 0.6 is 0 Å². The van der Waals surface area contributed by atoms with E-state index < -0.39 is 0 Å². The van der Waals surface area contributed by atoms with Crippen LogP contribution in [0, 0.1) is 6.92 Å². The van der Waals surface area contributed by atoms with Crippen LogP contribution in [-0.4, -0.2) is 34.1 Å². The Kier molecular flexibility index (Phi) is 3.84. The highest BCUT2D eigenvalue weighted by Gasteiger charge is 2.24. The van der Waals surface area contributed by atoms with Crippen molar-refractivity contribution in [1.82, 2.24) is 15.0 Å². The first-order valence-corrected chi connectivity index (χ1v) is 7.47. The van der Waals surface area contributed by atoms with Crippen molar-refractivity contribution in [2.24, 2.45) is 5.73 Å². The Morgan fingerprint density at radius 3 is 2.86 bits per heavy atom. The Bertz CT molecular complexity index is 626. The molecule has 0 aromatic carbocycles. The Balaban J connectivity index is 2.07. The first-order valence-electron chi connectivity index (χ1n) is 7.47. The van der Waals surface area contributed by atoms with E-state index >= 15 is 0 Å². The minimum absolute atomic E-state index is 0.242. The lowest BCUT2D eigenvalue weighted by Gasteiger charge is -2.22. The lowest BCUT2D eigenvalue weighted by molar-refractivity contribution is 0.750. The van der Waals surface area contributed by atoms with E-state index in [0.717, 1.165) is 48.8 Å². The first-order chi connectivity index (χ1) is 10.2. The minimum atomic E-state index is 0.242. The zero-order valence-electron chi connectivity index (χ0n) is 12.6. The van der Waals surface area contributed by atoms with Crippen molar-refractivity contribution in [1.29, 1.82) is 0 Å². The van der Waals surface area contributed by atoms with E-state index in [2.05, 4.69) is 28.7 Å². The number of nitrogens with two attached hydrogens (primary N) is 1. The Labute approximate surface area is 125 Å². The first kappa shape index (κ1) is 13.9. The third-order valence-electron chi connectivity index (χ3n) is 3.99. The molecule has 0 aliphatic carbocycles. The molecule has 2 aromatic heterocycles. The summed E-state index contributed by atoms with van der Waals surface area (Å²) in [6.07, 6.45) is 5.52.